The minimum Gasteiger partial charge on any atom is -0.493 e. The standard InChI is InChI=1S/C19H22N2O5S/c1-20-27(23,24)16-8-7-14-9-10-21(12-15(14)11-16)19(22)13-26-18-6-4-3-5-17(18)25-2/h3-8,11,20H,9-10,12-13H2,1-2H3. The Balaban J connectivity index is 1.69. The van der Waals surface area contributed by atoms with Crippen LogP contribution < -0.4 is 14.2 Å². The van der Waals surface area contributed by atoms with E-state index < -0.39 is 10.0 Å². The van der Waals surface area contributed by atoms with Gasteiger partial charge in [0.15, 0.2) is 18.1 Å². The second-order valence-corrected chi connectivity index (χ2v) is 8.03. The Bertz CT molecular complexity index is 943. The third kappa shape index (κ3) is 4.23. The van der Waals surface area contributed by atoms with Crippen molar-refractivity contribution in [2.75, 3.05) is 27.3 Å². The van der Waals surface area contributed by atoms with Crippen molar-refractivity contribution in [2.45, 2.75) is 17.9 Å². The molecule has 3 rings (SSSR count). The van der Waals surface area contributed by atoms with Crippen LogP contribution in [0.3, 0.4) is 0 Å². The molecule has 1 aliphatic heterocycles. The molecule has 0 atom stereocenters. The molecule has 0 bridgehead atoms. The fourth-order valence-corrected chi connectivity index (χ4v) is 3.78. The summed E-state index contributed by atoms with van der Waals surface area (Å²) in [5.41, 5.74) is 1.89. The summed E-state index contributed by atoms with van der Waals surface area (Å²) in [6.07, 6.45) is 0.676. The molecular weight excluding hydrogens is 368 g/mol. The van der Waals surface area contributed by atoms with E-state index in [0.29, 0.717) is 31.0 Å². The van der Waals surface area contributed by atoms with Crippen molar-refractivity contribution in [1.82, 2.24) is 9.62 Å². The fraction of sp³-hybridized carbons (Fsp3) is 0.316. The predicted octanol–water partition coefficient (Wildman–Crippen LogP) is 1.57. The average molecular weight is 390 g/mol. The number of sulfonamides is 1. The number of fused-ring (bicyclic) bond motifs is 1. The molecule has 0 aliphatic carbocycles. The van der Waals surface area contributed by atoms with E-state index in [4.69, 9.17) is 9.47 Å². The number of para-hydroxylation sites is 2. The van der Waals surface area contributed by atoms with E-state index in [9.17, 15) is 13.2 Å². The summed E-state index contributed by atoms with van der Waals surface area (Å²) < 4.78 is 37.1. The summed E-state index contributed by atoms with van der Waals surface area (Å²) in [7, 11) is -0.597. The summed E-state index contributed by atoms with van der Waals surface area (Å²) in [5.74, 6) is 0.915. The van der Waals surface area contributed by atoms with Crippen LogP contribution in [-0.2, 0) is 27.8 Å². The smallest absolute Gasteiger partial charge is 0.260 e. The maximum Gasteiger partial charge on any atom is 0.260 e. The van der Waals surface area contributed by atoms with Gasteiger partial charge in [0.05, 0.1) is 12.0 Å². The molecule has 0 radical (unpaired) electrons. The van der Waals surface area contributed by atoms with E-state index in [1.165, 1.54) is 7.05 Å². The lowest BCUT2D eigenvalue weighted by molar-refractivity contribution is -0.134. The number of hydrogen-bond donors (Lipinski definition) is 1. The Labute approximate surface area is 158 Å². The van der Waals surface area contributed by atoms with Gasteiger partial charge in [0, 0.05) is 13.1 Å². The first-order valence-corrected chi connectivity index (χ1v) is 10.0. The number of hydrogen-bond acceptors (Lipinski definition) is 5. The maximum absolute atomic E-state index is 12.5. The van der Waals surface area contributed by atoms with Crippen LogP contribution in [0, 0.1) is 0 Å². The molecule has 1 amide bonds. The Morgan fingerprint density at radius 2 is 1.89 bits per heavy atom. The van der Waals surface area contributed by atoms with E-state index in [2.05, 4.69) is 4.72 Å². The second-order valence-electron chi connectivity index (χ2n) is 6.14. The zero-order valence-corrected chi connectivity index (χ0v) is 16.1. The lowest BCUT2D eigenvalue weighted by atomic mass is 10.00. The van der Waals surface area contributed by atoms with Gasteiger partial charge in [0.2, 0.25) is 10.0 Å². The molecule has 7 nitrogen and oxygen atoms in total. The Hall–Kier alpha value is -2.58. The zero-order valence-electron chi connectivity index (χ0n) is 15.3. The molecule has 2 aromatic carbocycles. The van der Waals surface area contributed by atoms with Gasteiger partial charge in [-0.3, -0.25) is 4.79 Å². The van der Waals surface area contributed by atoms with Crippen LogP contribution >= 0.6 is 0 Å². The second kappa shape index (κ2) is 7.98. The normalized spacial score (nSPS) is 13.8. The van der Waals surface area contributed by atoms with Crippen LogP contribution in [0.1, 0.15) is 11.1 Å². The Morgan fingerprint density at radius 1 is 1.15 bits per heavy atom. The van der Waals surface area contributed by atoms with Crippen LogP contribution in [0.15, 0.2) is 47.4 Å². The van der Waals surface area contributed by atoms with Gasteiger partial charge >= 0.3 is 0 Å². The van der Waals surface area contributed by atoms with Crippen molar-refractivity contribution in [1.29, 1.82) is 0 Å². The SMILES string of the molecule is CNS(=O)(=O)c1ccc2c(c1)CN(C(=O)COc1ccccc1OC)CC2. The summed E-state index contributed by atoms with van der Waals surface area (Å²) in [6.45, 7) is 0.819. The highest BCUT2D eigenvalue weighted by Gasteiger charge is 2.23. The van der Waals surface area contributed by atoms with Crippen molar-refractivity contribution in [3.8, 4) is 11.5 Å². The topological polar surface area (TPSA) is 84.9 Å². The average Bonchev–Trinajstić information content (AvgIpc) is 2.71. The summed E-state index contributed by atoms with van der Waals surface area (Å²) in [5, 5.41) is 0. The number of nitrogens with one attached hydrogen (secondary N) is 1. The molecule has 0 saturated heterocycles. The summed E-state index contributed by atoms with van der Waals surface area (Å²) >= 11 is 0. The van der Waals surface area contributed by atoms with E-state index >= 15 is 0 Å². The molecular formula is C19H22N2O5S. The third-order valence-corrected chi connectivity index (χ3v) is 5.95. The summed E-state index contributed by atoms with van der Waals surface area (Å²) in [6, 6.07) is 12.2. The molecule has 1 N–H and O–H groups in total. The highest BCUT2D eigenvalue weighted by Crippen LogP contribution is 2.26. The van der Waals surface area contributed by atoms with E-state index in [-0.39, 0.29) is 17.4 Å². The number of carbonyl (C=O) groups is 1. The monoisotopic (exact) mass is 390 g/mol. The minimum absolute atomic E-state index is 0.107. The molecule has 0 unspecified atom stereocenters. The van der Waals surface area contributed by atoms with Gasteiger partial charge in [-0.05, 0) is 48.9 Å². The van der Waals surface area contributed by atoms with Crippen molar-refractivity contribution in [3.63, 3.8) is 0 Å². The van der Waals surface area contributed by atoms with Crippen LogP contribution in [0.5, 0.6) is 11.5 Å². The molecule has 2 aromatic rings. The lowest BCUT2D eigenvalue weighted by Gasteiger charge is -2.29. The lowest BCUT2D eigenvalue weighted by Crippen LogP contribution is -2.39. The van der Waals surface area contributed by atoms with Gasteiger partial charge in [-0.2, -0.15) is 0 Å². The van der Waals surface area contributed by atoms with Crippen molar-refractivity contribution < 1.29 is 22.7 Å². The van der Waals surface area contributed by atoms with Crippen LogP contribution in [-0.4, -0.2) is 46.5 Å². The first-order valence-electron chi connectivity index (χ1n) is 8.53. The number of benzene rings is 2. The van der Waals surface area contributed by atoms with Crippen molar-refractivity contribution in [3.05, 3.63) is 53.6 Å². The van der Waals surface area contributed by atoms with Crippen LogP contribution in [0.2, 0.25) is 0 Å². The largest absolute Gasteiger partial charge is 0.493 e. The predicted molar refractivity (Wildman–Crippen MR) is 100 cm³/mol. The van der Waals surface area contributed by atoms with Gasteiger partial charge in [0.25, 0.3) is 5.91 Å². The first kappa shape index (κ1) is 19.2. The molecule has 27 heavy (non-hydrogen) atoms. The molecule has 1 aliphatic rings. The quantitative estimate of drug-likeness (QED) is 0.809. The molecule has 0 saturated carbocycles. The van der Waals surface area contributed by atoms with Crippen molar-refractivity contribution in [2.24, 2.45) is 0 Å². The zero-order chi connectivity index (χ0) is 19.4. The van der Waals surface area contributed by atoms with Gasteiger partial charge in [-0.15, -0.1) is 0 Å². The van der Waals surface area contributed by atoms with Crippen LogP contribution in [0.25, 0.3) is 0 Å². The fourth-order valence-electron chi connectivity index (χ4n) is 3.00. The third-order valence-electron chi connectivity index (χ3n) is 4.54. The van der Waals surface area contributed by atoms with E-state index in [1.54, 1.807) is 36.3 Å². The number of methoxy groups -OCH3 is 1. The highest BCUT2D eigenvalue weighted by molar-refractivity contribution is 7.89. The van der Waals surface area contributed by atoms with Gasteiger partial charge in [-0.25, -0.2) is 13.1 Å². The van der Waals surface area contributed by atoms with E-state index in [0.717, 1.165) is 11.1 Å². The maximum atomic E-state index is 12.5. The number of amides is 1. The number of carbonyl (C=O) groups excluding carboxylic acids is 1. The van der Waals surface area contributed by atoms with Gasteiger partial charge < -0.3 is 14.4 Å². The van der Waals surface area contributed by atoms with Crippen molar-refractivity contribution >= 4 is 15.9 Å². The Morgan fingerprint density at radius 3 is 2.59 bits per heavy atom. The molecule has 0 spiro atoms. The first-order chi connectivity index (χ1) is 12.9. The van der Waals surface area contributed by atoms with Crippen LogP contribution in [0.4, 0.5) is 0 Å². The number of ether oxygens (including phenoxy) is 2. The number of nitrogens with zero attached hydrogens (tertiary/aromatic N) is 1. The highest BCUT2D eigenvalue weighted by atomic mass is 32.2. The Kier molecular flexibility index (Phi) is 5.67. The molecule has 8 heteroatoms. The molecule has 1 heterocycles. The summed E-state index contributed by atoms with van der Waals surface area (Å²) in [4.78, 5) is 14.4. The molecule has 144 valence electrons. The van der Waals surface area contributed by atoms with E-state index in [1.807, 2.05) is 18.2 Å². The minimum atomic E-state index is -3.52. The number of rotatable bonds is 6. The molecule has 0 aromatic heterocycles. The van der Waals surface area contributed by atoms with Gasteiger partial charge in [0.1, 0.15) is 0 Å². The molecule has 0 fully saturated rings. The van der Waals surface area contributed by atoms with Gasteiger partial charge in [-0.1, -0.05) is 18.2 Å².